The summed E-state index contributed by atoms with van der Waals surface area (Å²) in [5.74, 6) is -1.31. The van der Waals surface area contributed by atoms with Crippen LogP contribution in [0.25, 0.3) is 22.5 Å². The number of hydrogen-bond donors (Lipinski definition) is 3. The number of halogens is 1. The number of nitrogens with one attached hydrogen (secondary N) is 1. The molecule has 0 aliphatic heterocycles. The van der Waals surface area contributed by atoms with Gasteiger partial charge in [-0.25, -0.2) is 14.0 Å². The summed E-state index contributed by atoms with van der Waals surface area (Å²) < 4.78 is 24.3. The summed E-state index contributed by atoms with van der Waals surface area (Å²) in [4.78, 5) is 23.3. The summed E-state index contributed by atoms with van der Waals surface area (Å²) in [6, 6.07) is 20.1. The fourth-order valence-corrected chi connectivity index (χ4v) is 3.62. The van der Waals surface area contributed by atoms with Crippen molar-refractivity contribution in [3.63, 3.8) is 0 Å². The molecule has 3 aromatic carbocycles. The number of hydrogen-bond acceptors (Lipinski definition) is 6. The van der Waals surface area contributed by atoms with Gasteiger partial charge in [0, 0.05) is 12.0 Å². The van der Waals surface area contributed by atoms with Crippen molar-refractivity contribution in [2.45, 2.75) is 19.4 Å². The lowest BCUT2D eigenvalue weighted by molar-refractivity contribution is -0.146. The van der Waals surface area contributed by atoms with Crippen molar-refractivity contribution < 1.29 is 33.5 Å². The minimum absolute atomic E-state index is 0.00338. The van der Waals surface area contributed by atoms with E-state index in [2.05, 4.69) is 10.5 Å². The van der Waals surface area contributed by atoms with Gasteiger partial charge in [0.05, 0.1) is 6.61 Å². The van der Waals surface area contributed by atoms with Gasteiger partial charge in [-0.15, -0.1) is 0 Å². The van der Waals surface area contributed by atoms with Crippen LogP contribution in [0.4, 0.5) is 14.9 Å². The number of aromatic nitrogens is 1. The van der Waals surface area contributed by atoms with E-state index >= 15 is 0 Å². The van der Waals surface area contributed by atoms with Gasteiger partial charge in [0.25, 0.3) is 0 Å². The van der Waals surface area contributed by atoms with E-state index in [9.17, 15) is 19.1 Å². The molecule has 1 amide bonds. The van der Waals surface area contributed by atoms with E-state index in [0.29, 0.717) is 28.3 Å². The molecule has 0 saturated carbocycles. The summed E-state index contributed by atoms with van der Waals surface area (Å²) in [6.45, 7) is 1.69. The van der Waals surface area contributed by atoms with Crippen LogP contribution < -0.4 is 5.32 Å². The molecule has 36 heavy (non-hydrogen) atoms. The minimum atomic E-state index is -1.58. The lowest BCUT2D eigenvalue weighted by Crippen LogP contribution is -2.16. The van der Waals surface area contributed by atoms with Crippen LogP contribution in [0.3, 0.4) is 0 Å². The Morgan fingerprint density at radius 1 is 1.00 bits per heavy atom. The van der Waals surface area contributed by atoms with E-state index in [1.165, 1.54) is 6.07 Å². The van der Waals surface area contributed by atoms with Crippen LogP contribution >= 0.6 is 0 Å². The van der Waals surface area contributed by atoms with Crippen molar-refractivity contribution in [1.82, 2.24) is 5.16 Å². The number of carboxylic acids is 1. The molecule has 9 heteroatoms. The minimum Gasteiger partial charge on any atom is -0.479 e. The Morgan fingerprint density at radius 3 is 2.25 bits per heavy atom. The summed E-state index contributed by atoms with van der Waals surface area (Å²) >= 11 is 0. The number of rotatable bonds is 8. The van der Waals surface area contributed by atoms with Crippen molar-refractivity contribution in [3.05, 3.63) is 95.4 Å². The Kier molecular flexibility index (Phi) is 7.41. The maximum absolute atomic E-state index is 13.7. The van der Waals surface area contributed by atoms with Crippen molar-refractivity contribution >= 4 is 17.7 Å². The molecule has 3 N–H and O–H groups in total. The number of nitrogens with zero attached hydrogens (tertiary/aromatic N) is 1. The highest BCUT2D eigenvalue weighted by atomic mass is 19.1. The third-order valence-corrected chi connectivity index (χ3v) is 5.59. The Labute approximate surface area is 205 Å². The molecule has 0 saturated heterocycles. The van der Waals surface area contributed by atoms with Crippen LogP contribution in [0.5, 0.6) is 0 Å². The average molecular weight is 490 g/mol. The number of ether oxygens (including phenoxy) is 1. The first kappa shape index (κ1) is 24.6. The van der Waals surface area contributed by atoms with Gasteiger partial charge in [0.2, 0.25) is 0 Å². The van der Waals surface area contributed by atoms with Gasteiger partial charge in [0.1, 0.15) is 17.2 Å². The lowest BCUT2D eigenvalue weighted by atomic mass is 10.00. The first-order valence-electron chi connectivity index (χ1n) is 11.1. The highest BCUT2D eigenvalue weighted by Gasteiger charge is 2.19. The van der Waals surface area contributed by atoms with E-state index in [4.69, 9.17) is 14.4 Å². The summed E-state index contributed by atoms with van der Waals surface area (Å²) in [5, 5.41) is 25.2. The van der Waals surface area contributed by atoms with Gasteiger partial charge in [-0.1, -0.05) is 71.9 Å². The Morgan fingerprint density at radius 2 is 1.61 bits per heavy atom. The fraction of sp³-hybridized carbons (Fsp3) is 0.148. The van der Waals surface area contributed by atoms with Crippen molar-refractivity contribution in [3.8, 4) is 22.5 Å². The highest BCUT2D eigenvalue weighted by Crippen LogP contribution is 2.33. The van der Waals surface area contributed by atoms with Crippen molar-refractivity contribution in [2.75, 3.05) is 11.9 Å². The molecule has 0 aliphatic carbocycles. The Bertz CT molecular complexity index is 1370. The van der Waals surface area contributed by atoms with Gasteiger partial charge >= 0.3 is 12.1 Å². The molecule has 4 rings (SSSR count). The van der Waals surface area contributed by atoms with Crippen LogP contribution in [0.2, 0.25) is 0 Å². The first-order valence-corrected chi connectivity index (χ1v) is 11.1. The quantitative estimate of drug-likeness (QED) is 0.304. The van der Waals surface area contributed by atoms with Gasteiger partial charge in [0.15, 0.2) is 11.9 Å². The van der Waals surface area contributed by atoms with Crippen molar-refractivity contribution in [2.24, 2.45) is 0 Å². The SMILES string of the molecule is Cc1noc(-c2ccc(-c3ccc([C@@H](O)C(=O)O)cc3)cc2)c1NC(=O)OCCc1ccccc1F. The zero-order valence-electron chi connectivity index (χ0n) is 19.3. The number of aliphatic hydroxyl groups is 1. The van der Waals surface area contributed by atoms with E-state index < -0.39 is 18.2 Å². The standard InChI is InChI=1S/C27H23FN2O6/c1-16-23(29-27(34)35-15-14-19-4-2-3-5-22(19)28)25(36-30-16)21-12-8-18(9-13-21)17-6-10-20(11-7-17)24(31)26(32)33/h2-13,24,31H,14-15H2,1H3,(H,29,34)(H,32,33)/t24-/m1/s1. The second kappa shape index (κ2) is 10.8. The smallest absolute Gasteiger partial charge is 0.411 e. The second-order valence-corrected chi connectivity index (χ2v) is 8.01. The van der Waals surface area contributed by atoms with Crippen LogP contribution in [0, 0.1) is 12.7 Å². The number of benzene rings is 3. The van der Waals surface area contributed by atoms with Crippen LogP contribution in [-0.4, -0.2) is 34.0 Å². The normalized spacial score (nSPS) is 11.6. The molecule has 0 bridgehead atoms. The highest BCUT2D eigenvalue weighted by molar-refractivity contribution is 5.91. The number of aryl methyl sites for hydroxylation is 1. The number of carbonyl (C=O) groups excluding carboxylic acids is 1. The number of amides is 1. The number of anilines is 1. The molecule has 0 unspecified atom stereocenters. The monoisotopic (exact) mass is 490 g/mol. The van der Waals surface area contributed by atoms with Crippen LogP contribution in [-0.2, 0) is 16.0 Å². The number of carboxylic acid groups (broad SMARTS) is 1. The molecule has 1 aromatic heterocycles. The Hall–Kier alpha value is -4.50. The lowest BCUT2D eigenvalue weighted by Gasteiger charge is -2.09. The van der Waals surface area contributed by atoms with E-state index in [1.807, 2.05) is 12.1 Å². The van der Waals surface area contributed by atoms with Crippen molar-refractivity contribution in [1.29, 1.82) is 0 Å². The molecule has 0 radical (unpaired) electrons. The van der Waals surface area contributed by atoms with Gasteiger partial charge in [-0.2, -0.15) is 0 Å². The molecule has 1 heterocycles. The zero-order valence-corrected chi connectivity index (χ0v) is 19.3. The molecular weight excluding hydrogens is 467 g/mol. The van der Waals surface area contributed by atoms with E-state index in [1.54, 1.807) is 61.5 Å². The molecule has 0 fully saturated rings. The second-order valence-electron chi connectivity index (χ2n) is 8.01. The molecule has 8 nitrogen and oxygen atoms in total. The predicted octanol–water partition coefficient (Wildman–Crippen LogP) is 5.37. The van der Waals surface area contributed by atoms with E-state index in [-0.39, 0.29) is 24.4 Å². The number of carbonyl (C=O) groups is 2. The number of aliphatic hydroxyl groups excluding tert-OH is 1. The predicted molar refractivity (Wildman–Crippen MR) is 130 cm³/mol. The summed E-state index contributed by atoms with van der Waals surface area (Å²) in [5.41, 5.74) is 3.93. The largest absolute Gasteiger partial charge is 0.479 e. The molecule has 1 atom stereocenters. The van der Waals surface area contributed by atoms with Gasteiger partial charge in [-0.3, -0.25) is 5.32 Å². The fourth-order valence-electron chi connectivity index (χ4n) is 3.62. The summed E-state index contributed by atoms with van der Waals surface area (Å²) in [7, 11) is 0. The van der Waals surface area contributed by atoms with Gasteiger partial charge < -0.3 is 19.5 Å². The Balaban J connectivity index is 1.42. The molecule has 4 aromatic rings. The van der Waals surface area contributed by atoms with E-state index in [0.717, 1.165) is 11.1 Å². The zero-order chi connectivity index (χ0) is 25.7. The van der Waals surface area contributed by atoms with Crippen LogP contribution in [0.15, 0.2) is 77.3 Å². The maximum atomic E-state index is 13.7. The maximum Gasteiger partial charge on any atom is 0.411 e. The third kappa shape index (κ3) is 5.59. The third-order valence-electron chi connectivity index (χ3n) is 5.59. The van der Waals surface area contributed by atoms with Crippen LogP contribution in [0.1, 0.15) is 22.9 Å². The number of aliphatic carboxylic acids is 1. The molecule has 0 aliphatic rings. The van der Waals surface area contributed by atoms with Gasteiger partial charge in [-0.05, 0) is 35.2 Å². The topological polar surface area (TPSA) is 122 Å². The average Bonchev–Trinajstić information content (AvgIpc) is 3.24. The molecule has 184 valence electrons. The first-order chi connectivity index (χ1) is 17.3. The molecular formula is C27H23FN2O6. The summed E-state index contributed by atoms with van der Waals surface area (Å²) in [6.07, 6.45) is -2.04. The molecule has 0 spiro atoms.